The van der Waals surface area contributed by atoms with Gasteiger partial charge in [0.05, 0.1) is 17.8 Å². The Morgan fingerprint density at radius 3 is 1.74 bits per heavy atom. The van der Waals surface area contributed by atoms with Crippen LogP contribution in [0.15, 0.2) is 53.1 Å². The monoisotopic (exact) mass is 800 g/mol. The summed E-state index contributed by atoms with van der Waals surface area (Å²) in [5.74, 6) is -0.327. The molecule has 0 saturated heterocycles. The van der Waals surface area contributed by atoms with Gasteiger partial charge < -0.3 is 18.0 Å². The van der Waals surface area contributed by atoms with Crippen LogP contribution in [0, 0.1) is 11.8 Å². The summed E-state index contributed by atoms with van der Waals surface area (Å²) in [7, 11) is -6.88. The summed E-state index contributed by atoms with van der Waals surface area (Å²) in [4.78, 5) is 13.8. The minimum atomic E-state index is -2.37. The molecule has 9 heteroatoms. The zero-order valence-electron chi connectivity index (χ0n) is 31.6. The molecular weight excluding hydrogens is 736 g/mol. The average Bonchev–Trinajstić information content (AvgIpc) is 2.89. The Bertz CT molecular complexity index is 1180. The fourth-order valence-electron chi connectivity index (χ4n) is 5.19. The molecule has 1 aliphatic carbocycles. The van der Waals surface area contributed by atoms with E-state index in [0.717, 1.165) is 6.42 Å². The van der Waals surface area contributed by atoms with Gasteiger partial charge in [0.2, 0.25) is 0 Å². The van der Waals surface area contributed by atoms with Gasteiger partial charge in [-0.15, -0.1) is 6.58 Å². The number of carbonyl (C=O) groups excluding carboxylic acids is 1. The van der Waals surface area contributed by atoms with Gasteiger partial charge in [0.25, 0.3) is 0 Å². The minimum Gasteiger partial charge on any atom is -0.456 e. The van der Waals surface area contributed by atoms with Crippen molar-refractivity contribution in [1.82, 2.24) is 0 Å². The minimum absolute atomic E-state index is 0.000613. The van der Waals surface area contributed by atoms with E-state index in [0.29, 0.717) is 12.0 Å². The lowest BCUT2D eigenvalue weighted by molar-refractivity contribution is -0.139. The number of hydrogen-bond donors (Lipinski definition) is 0. The highest BCUT2D eigenvalue weighted by Crippen LogP contribution is 2.49. The molecule has 1 saturated carbocycles. The molecule has 0 spiro atoms. The maximum absolute atomic E-state index is 13.8. The number of allylic oxidation sites excluding steroid dienone is 1. The van der Waals surface area contributed by atoms with Gasteiger partial charge in [-0.05, 0) is 83.5 Å². The summed E-state index contributed by atoms with van der Waals surface area (Å²) in [6.45, 7) is 38.5. The average molecular weight is 801 g/mol. The molecule has 1 aromatic carbocycles. The molecule has 0 aromatic heterocycles. The normalized spacial score (nSPS) is 24.6. The van der Waals surface area contributed by atoms with Gasteiger partial charge in [-0.25, -0.2) is 4.79 Å². The van der Waals surface area contributed by atoms with Crippen molar-refractivity contribution in [3.8, 4) is 0 Å². The molecule has 2 rings (SSSR count). The quantitative estimate of drug-likeness (QED) is 0.0912. The van der Waals surface area contributed by atoms with E-state index < -0.39 is 37.2 Å². The molecule has 0 heterocycles. The fourth-order valence-corrected chi connectivity index (χ4v) is 9.53. The molecule has 0 N–H and O–H groups in total. The van der Waals surface area contributed by atoms with Crippen molar-refractivity contribution in [1.29, 1.82) is 0 Å². The molecule has 1 aliphatic rings. The Balaban J connectivity index is 2.88. The predicted octanol–water partition coefficient (Wildman–Crippen LogP) is 11.5. The van der Waals surface area contributed by atoms with Crippen LogP contribution in [0.25, 0.3) is 0 Å². The molecule has 5 nitrogen and oxygen atoms in total. The first-order valence-corrected chi connectivity index (χ1v) is 26.9. The van der Waals surface area contributed by atoms with Gasteiger partial charge in [0.15, 0.2) is 25.0 Å². The van der Waals surface area contributed by atoms with Crippen molar-refractivity contribution in [3.63, 3.8) is 0 Å². The van der Waals surface area contributed by atoms with Crippen LogP contribution in [0.2, 0.25) is 54.4 Å². The van der Waals surface area contributed by atoms with Crippen LogP contribution in [0.1, 0.15) is 85.5 Å². The summed E-state index contributed by atoms with van der Waals surface area (Å²) < 4.78 is 30.9. The van der Waals surface area contributed by atoms with Crippen LogP contribution < -0.4 is 0 Å². The van der Waals surface area contributed by atoms with E-state index in [1.54, 1.807) is 0 Å². The van der Waals surface area contributed by atoms with Crippen molar-refractivity contribution in [2.45, 2.75) is 154 Å². The first-order valence-electron chi connectivity index (χ1n) is 17.0. The van der Waals surface area contributed by atoms with Gasteiger partial charge >= 0.3 is 5.97 Å². The Morgan fingerprint density at radius 2 is 1.30 bits per heavy atom. The first kappa shape index (κ1) is 41.6. The predicted molar refractivity (Wildman–Crippen MR) is 211 cm³/mol. The second-order valence-electron chi connectivity index (χ2n) is 17.8. The lowest BCUT2D eigenvalue weighted by Crippen LogP contribution is -2.64. The number of rotatable bonds is 12. The zero-order valence-corrected chi connectivity index (χ0v) is 36.8. The molecule has 0 bridgehead atoms. The Labute approximate surface area is 299 Å². The van der Waals surface area contributed by atoms with Crippen molar-refractivity contribution in [3.05, 3.63) is 58.7 Å². The molecule has 0 amide bonds. The third kappa shape index (κ3) is 10.2. The second kappa shape index (κ2) is 15.5. The van der Waals surface area contributed by atoms with Crippen LogP contribution in [0.5, 0.6) is 0 Å². The molecule has 46 heavy (non-hydrogen) atoms. The van der Waals surface area contributed by atoms with E-state index in [1.807, 2.05) is 36.4 Å². The van der Waals surface area contributed by atoms with Crippen LogP contribution in [0.3, 0.4) is 0 Å². The molecule has 0 aliphatic heterocycles. The van der Waals surface area contributed by atoms with E-state index in [4.69, 9.17) is 18.0 Å². The molecule has 1 fully saturated rings. The third-order valence-electron chi connectivity index (χ3n) is 11.2. The Hall–Kier alpha value is -0.569. The number of hydrogen-bond acceptors (Lipinski definition) is 5. The molecule has 262 valence electrons. The second-order valence-corrected chi connectivity index (χ2v) is 32.8. The summed E-state index contributed by atoms with van der Waals surface area (Å²) >= 11 is 2.32. The molecule has 6 atom stereocenters. The molecular formula is C37H65IO5Si3. The van der Waals surface area contributed by atoms with Gasteiger partial charge in [-0.1, -0.05) is 115 Å². The summed E-state index contributed by atoms with van der Waals surface area (Å²) in [5.41, 5.74) is 0.543. The van der Waals surface area contributed by atoms with Gasteiger partial charge in [0, 0.05) is 11.8 Å². The van der Waals surface area contributed by atoms with Crippen molar-refractivity contribution >= 4 is 53.5 Å². The van der Waals surface area contributed by atoms with Gasteiger partial charge in [0.1, 0.15) is 12.2 Å². The van der Waals surface area contributed by atoms with Gasteiger partial charge in [-0.3, -0.25) is 0 Å². The third-order valence-corrected chi connectivity index (χ3v) is 25.1. The number of esters is 1. The highest BCUT2D eigenvalue weighted by atomic mass is 127. The van der Waals surface area contributed by atoms with Crippen molar-refractivity contribution < 1.29 is 22.8 Å². The van der Waals surface area contributed by atoms with Crippen LogP contribution in [-0.2, 0) is 18.0 Å². The first-order chi connectivity index (χ1) is 20.8. The van der Waals surface area contributed by atoms with Gasteiger partial charge in [-0.2, -0.15) is 0 Å². The lowest BCUT2D eigenvalue weighted by Gasteiger charge is -2.54. The summed E-state index contributed by atoms with van der Waals surface area (Å²) in [6, 6.07) is 9.30. The highest BCUT2D eigenvalue weighted by molar-refractivity contribution is 14.1. The maximum atomic E-state index is 13.8. The van der Waals surface area contributed by atoms with Crippen LogP contribution in [0.4, 0.5) is 0 Å². The van der Waals surface area contributed by atoms with Crippen LogP contribution >= 0.6 is 22.6 Å². The Kier molecular flexibility index (Phi) is 14.1. The van der Waals surface area contributed by atoms with E-state index in [1.165, 1.54) is 0 Å². The largest absolute Gasteiger partial charge is 0.456 e. The summed E-state index contributed by atoms with van der Waals surface area (Å²) in [5, 5.41) is -0.0369. The SMILES string of the molecule is C=CC[C@@H]1C[C@@H](C(/C=C/I)O[Si](C)(C)C(C)(C)C)C(O[Si](C)(C)C(C)(C)C)C(O[Si](C)(C)C(C)(C)C)[C@H]1OC(=O)c1ccccc1. The number of carbonyl (C=O) groups is 1. The van der Waals surface area contributed by atoms with E-state index in [2.05, 4.69) is 141 Å². The topological polar surface area (TPSA) is 54.0 Å². The number of ether oxygens (including phenoxy) is 1. The van der Waals surface area contributed by atoms with E-state index in [9.17, 15) is 4.79 Å². The smallest absolute Gasteiger partial charge is 0.338 e. The fraction of sp³-hybridized carbons (Fsp3) is 0.703. The number of halogens is 1. The molecule has 3 unspecified atom stereocenters. The van der Waals surface area contributed by atoms with Crippen molar-refractivity contribution in [2.75, 3.05) is 0 Å². The Morgan fingerprint density at radius 1 is 0.826 bits per heavy atom. The van der Waals surface area contributed by atoms with E-state index in [-0.39, 0.29) is 45.1 Å². The molecule has 1 aromatic rings. The highest BCUT2D eigenvalue weighted by Gasteiger charge is 2.56. The summed E-state index contributed by atoms with van der Waals surface area (Å²) in [6.07, 6.45) is 4.20. The standard InChI is InChI=1S/C37H65IO5Si3/c1-17-21-28-26-29(30(24-25-38)41-44(11,12)35(2,3)4)32(42-45(13,14)36(5,6)7)33(43-46(15,16)37(8,9)10)31(28)40-34(39)27-22-19-18-20-23-27/h17-20,22-25,28-33H,1,21,26H2,2-16H3/b25-24+/t28-,29+,30?,31+,32?,33?/m1/s1. The van der Waals surface area contributed by atoms with Crippen molar-refractivity contribution in [2.24, 2.45) is 11.8 Å². The molecule has 0 radical (unpaired) electrons. The number of benzene rings is 1. The zero-order chi connectivity index (χ0) is 35.5. The lowest BCUT2D eigenvalue weighted by atomic mass is 9.72. The van der Waals surface area contributed by atoms with Crippen LogP contribution in [-0.4, -0.2) is 55.3 Å². The van der Waals surface area contributed by atoms with E-state index >= 15 is 0 Å². The maximum Gasteiger partial charge on any atom is 0.338 e.